The minimum Gasteiger partial charge on any atom is -0.417 e. The highest BCUT2D eigenvalue weighted by Crippen LogP contribution is 2.34. The van der Waals surface area contributed by atoms with Crippen LogP contribution < -0.4 is 4.74 Å². The molecule has 172 valence electrons. The first-order valence-electron chi connectivity index (χ1n) is 9.74. The number of ether oxygens (including phenoxy) is 2. The molecule has 1 aliphatic heterocycles. The van der Waals surface area contributed by atoms with Gasteiger partial charge in [0, 0.05) is 23.7 Å². The molecular weight excluding hydrogens is 479 g/mol. The van der Waals surface area contributed by atoms with E-state index in [0.717, 1.165) is 0 Å². The lowest BCUT2D eigenvalue weighted by atomic mass is 9.98. The van der Waals surface area contributed by atoms with E-state index in [1.54, 1.807) is 23.7 Å². The Balaban J connectivity index is 2.00. The van der Waals surface area contributed by atoms with Crippen molar-refractivity contribution in [2.24, 2.45) is 0 Å². The molecular formula is C20H26BrFN2O7. The number of halogens is 2. The third kappa shape index (κ3) is 4.63. The van der Waals surface area contributed by atoms with Crippen molar-refractivity contribution in [2.75, 3.05) is 6.61 Å². The average Bonchev–Trinajstić information content (AvgIpc) is 3.01. The first kappa shape index (κ1) is 24.1. The molecule has 31 heavy (non-hydrogen) atoms. The van der Waals surface area contributed by atoms with E-state index in [4.69, 9.17) is 9.47 Å². The molecule has 0 bridgehead atoms. The third-order valence-electron chi connectivity index (χ3n) is 5.26. The average molecular weight is 505 g/mol. The fourth-order valence-electron chi connectivity index (χ4n) is 3.52. The molecule has 0 spiro atoms. The van der Waals surface area contributed by atoms with Crippen LogP contribution in [-0.4, -0.2) is 72.3 Å². The Morgan fingerprint density at radius 3 is 2.55 bits per heavy atom. The Labute approximate surface area is 186 Å². The summed E-state index contributed by atoms with van der Waals surface area (Å²) in [5.74, 6) is -3.33. The molecule has 0 amide bonds. The molecule has 1 aromatic carbocycles. The van der Waals surface area contributed by atoms with Crippen LogP contribution >= 0.6 is 15.9 Å². The summed E-state index contributed by atoms with van der Waals surface area (Å²) in [5, 5.41) is 54.8. The predicted molar refractivity (Wildman–Crippen MR) is 110 cm³/mol. The molecule has 2 heterocycles. The Bertz CT molecular complexity index is 938. The SMILES string of the molecule is Cc1c(Cc2ccc(Br)c(F)c2)c(OC2(O)O[C@H](CO)[C@@H](O)[C@@H](O)[C@H]2O)nn1C(C)C. The smallest absolute Gasteiger partial charge is 0.356 e. The Kier molecular flexibility index (Phi) is 7.06. The summed E-state index contributed by atoms with van der Waals surface area (Å²) < 4.78 is 26.7. The van der Waals surface area contributed by atoms with Crippen molar-refractivity contribution in [2.45, 2.75) is 63.6 Å². The van der Waals surface area contributed by atoms with E-state index in [9.17, 15) is 29.9 Å². The zero-order chi connectivity index (χ0) is 23.1. The van der Waals surface area contributed by atoms with Crippen molar-refractivity contribution in [1.29, 1.82) is 0 Å². The molecule has 0 aliphatic carbocycles. The van der Waals surface area contributed by atoms with E-state index in [-0.39, 0.29) is 18.3 Å². The lowest BCUT2D eigenvalue weighted by molar-refractivity contribution is -0.423. The first-order chi connectivity index (χ1) is 14.5. The predicted octanol–water partition coefficient (Wildman–Crippen LogP) is 0.764. The highest BCUT2D eigenvalue weighted by atomic mass is 79.9. The fourth-order valence-corrected chi connectivity index (χ4v) is 3.76. The zero-order valence-electron chi connectivity index (χ0n) is 17.2. The van der Waals surface area contributed by atoms with Crippen molar-refractivity contribution in [3.63, 3.8) is 0 Å². The highest BCUT2D eigenvalue weighted by Gasteiger charge is 2.55. The van der Waals surface area contributed by atoms with Crippen molar-refractivity contribution in [3.05, 3.63) is 45.3 Å². The standard InChI is InChI=1S/C20H26BrFN2O7/c1-9(2)24-10(3)12(6-11-4-5-13(21)14(22)7-11)19(23-24)31-20(29)18(28)17(27)16(26)15(8-25)30-20/h4-5,7,9,15-18,25-29H,6,8H2,1-3H3/t15-,16-,17-,18-,20?/m1/s1. The maximum absolute atomic E-state index is 14.0. The quantitative estimate of drug-likeness (QED) is 0.363. The van der Waals surface area contributed by atoms with E-state index < -0.39 is 42.8 Å². The van der Waals surface area contributed by atoms with Crippen LogP contribution in [0.2, 0.25) is 0 Å². The van der Waals surface area contributed by atoms with Gasteiger partial charge in [0.15, 0.2) is 6.10 Å². The molecule has 11 heteroatoms. The van der Waals surface area contributed by atoms with E-state index in [2.05, 4.69) is 21.0 Å². The van der Waals surface area contributed by atoms with Crippen LogP contribution in [0, 0.1) is 12.7 Å². The normalized spacial score (nSPS) is 28.9. The van der Waals surface area contributed by atoms with Gasteiger partial charge in [-0.3, -0.25) is 4.68 Å². The lowest BCUT2D eigenvalue weighted by Crippen LogP contribution is -2.67. The molecule has 0 saturated carbocycles. The maximum atomic E-state index is 14.0. The van der Waals surface area contributed by atoms with Crippen LogP contribution in [0.5, 0.6) is 5.88 Å². The van der Waals surface area contributed by atoms with Crippen LogP contribution in [0.25, 0.3) is 0 Å². The number of hydrogen-bond acceptors (Lipinski definition) is 8. The van der Waals surface area contributed by atoms with Gasteiger partial charge in [0.2, 0.25) is 5.88 Å². The molecule has 9 nitrogen and oxygen atoms in total. The second-order valence-electron chi connectivity index (χ2n) is 7.83. The lowest BCUT2D eigenvalue weighted by Gasteiger charge is -2.43. The van der Waals surface area contributed by atoms with Gasteiger partial charge in [-0.2, -0.15) is 0 Å². The molecule has 5 N–H and O–H groups in total. The maximum Gasteiger partial charge on any atom is 0.356 e. The number of rotatable bonds is 6. The number of benzene rings is 1. The largest absolute Gasteiger partial charge is 0.417 e. The van der Waals surface area contributed by atoms with Crippen LogP contribution in [0.4, 0.5) is 4.39 Å². The van der Waals surface area contributed by atoms with Crippen molar-refractivity contribution in [3.8, 4) is 5.88 Å². The van der Waals surface area contributed by atoms with Gasteiger partial charge in [-0.05, 0) is 54.4 Å². The summed E-state index contributed by atoms with van der Waals surface area (Å²) in [5.41, 5.74) is 1.79. The molecule has 2 aromatic rings. The minimum absolute atomic E-state index is 0.0813. The van der Waals surface area contributed by atoms with Crippen LogP contribution in [0.3, 0.4) is 0 Å². The Morgan fingerprint density at radius 1 is 1.29 bits per heavy atom. The minimum atomic E-state index is -2.78. The van der Waals surface area contributed by atoms with Crippen molar-refractivity contribution in [1.82, 2.24) is 9.78 Å². The van der Waals surface area contributed by atoms with Crippen LogP contribution in [-0.2, 0) is 11.2 Å². The summed E-state index contributed by atoms with van der Waals surface area (Å²) in [6.07, 6.45) is -6.73. The second-order valence-corrected chi connectivity index (χ2v) is 8.68. The van der Waals surface area contributed by atoms with Gasteiger partial charge in [-0.25, -0.2) is 4.39 Å². The van der Waals surface area contributed by atoms with Gasteiger partial charge in [0.25, 0.3) is 0 Å². The molecule has 0 radical (unpaired) electrons. The van der Waals surface area contributed by atoms with Crippen LogP contribution in [0.15, 0.2) is 22.7 Å². The Morgan fingerprint density at radius 2 is 1.97 bits per heavy atom. The van der Waals surface area contributed by atoms with Gasteiger partial charge in [-0.1, -0.05) is 6.07 Å². The van der Waals surface area contributed by atoms with Crippen molar-refractivity contribution < 1.29 is 39.4 Å². The number of nitrogens with zero attached hydrogens (tertiary/aromatic N) is 2. The van der Waals surface area contributed by atoms with Crippen molar-refractivity contribution >= 4 is 15.9 Å². The zero-order valence-corrected chi connectivity index (χ0v) is 18.8. The monoisotopic (exact) mass is 504 g/mol. The Hall–Kier alpha value is -1.60. The molecule has 1 unspecified atom stereocenters. The molecule has 1 saturated heterocycles. The van der Waals surface area contributed by atoms with Gasteiger partial charge in [0.05, 0.1) is 11.1 Å². The molecule has 3 rings (SSSR count). The topological polar surface area (TPSA) is 137 Å². The summed E-state index contributed by atoms with van der Waals surface area (Å²) in [4.78, 5) is 0. The molecule has 1 aliphatic rings. The number of aliphatic hydroxyl groups is 5. The summed E-state index contributed by atoms with van der Waals surface area (Å²) >= 11 is 3.11. The van der Waals surface area contributed by atoms with Gasteiger partial charge >= 0.3 is 5.97 Å². The highest BCUT2D eigenvalue weighted by molar-refractivity contribution is 9.10. The van der Waals surface area contributed by atoms with E-state index in [1.807, 2.05) is 13.8 Å². The second kappa shape index (κ2) is 9.10. The summed E-state index contributed by atoms with van der Waals surface area (Å²) in [6.45, 7) is 4.81. The number of aromatic nitrogens is 2. The number of hydrogen-bond donors (Lipinski definition) is 5. The molecule has 1 fully saturated rings. The van der Waals surface area contributed by atoms with Crippen LogP contribution in [0.1, 0.15) is 36.7 Å². The van der Waals surface area contributed by atoms with E-state index >= 15 is 0 Å². The molecule has 5 atom stereocenters. The molecule has 1 aromatic heterocycles. The summed E-state index contributed by atoms with van der Waals surface area (Å²) in [6, 6.07) is 4.55. The third-order valence-corrected chi connectivity index (χ3v) is 5.91. The number of aliphatic hydroxyl groups excluding tert-OH is 4. The van der Waals surface area contributed by atoms with Gasteiger partial charge < -0.3 is 35.0 Å². The van der Waals surface area contributed by atoms with E-state index in [0.29, 0.717) is 21.3 Å². The summed E-state index contributed by atoms with van der Waals surface area (Å²) in [7, 11) is 0. The van der Waals surface area contributed by atoms with Gasteiger partial charge in [-0.15, -0.1) is 5.10 Å². The van der Waals surface area contributed by atoms with E-state index in [1.165, 1.54) is 6.07 Å². The fraction of sp³-hybridized carbons (Fsp3) is 0.550. The van der Waals surface area contributed by atoms with Gasteiger partial charge in [0.1, 0.15) is 24.1 Å². The first-order valence-corrected chi connectivity index (χ1v) is 10.5.